The van der Waals surface area contributed by atoms with E-state index in [4.69, 9.17) is 11.5 Å². The quantitative estimate of drug-likeness (QED) is 0.0982. The second-order valence-corrected chi connectivity index (χ2v) is 9.16. The summed E-state index contributed by atoms with van der Waals surface area (Å²) in [7, 11) is 0. The summed E-state index contributed by atoms with van der Waals surface area (Å²) in [5.41, 5.74) is 13.1. The van der Waals surface area contributed by atoms with Gasteiger partial charge in [0.2, 0.25) is 23.6 Å². The van der Waals surface area contributed by atoms with Gasteiger partial charge in [-0.3, -0.25) is 19.2 Å². The topological polar surface area (TPSA) is 258 Å². The number of nitrogens with one attached hydrogen (secondary N) is 5. The van der Waals surface area contributed by atoms with E-state index in [1.165, 1.54) is 12.5 Å². The summed E-state index contributed by atoms with van der Waals surface area (Å²) >= 11 is 0. The van der Waals surface area contributed by atoms with Gasteiger partial charge < -0.3 is 47.6 Å². The summed E-state index contributed by atoms with van der Waals surface area (Å²) in [6, 6.07) is 1.93. The van der Waals surface area contributed by atoms with Crippen molar-refractivity contribution in [2.75, 3.05) is 6.61 Å². The van der Waals surface area contributed by atoms with Crippen LogP contribution >= 0.6 is 0 Å². The Morgan fingerprint density at radius 3 is 2.25 bits per heavy atom. The minimum absolute atomic E-state index is 0.0644. The van der Waals surface area contributed by atoms with Crippen LogP contribution < -0.4 is 27.4 Å². The first-order valence-corrected chi connectivity index (χ1v) is 12.4. The van der Waals surface area contributed by atoms with Gasteiger partial charge in [0.05, 0.1) is 19.0 Å². The van der Waals surface area contributed by atoms with Gasteiger partial charge in [-0.25, -0.2) is 9.78 Å². The number of carboxylic acid groups (broad SMARTS) is 1. The Kier molecular flexibility index (Phi) is 10.3. The number of aliphatic carboxylic acids is 1. The number of hydrogen-bond acceptors (Lipinski definition) is 8. The third-order valence-electron chi connectivity index (χ3n) is 6.17. The highest BCUT2D eigenvalue weighted by atomic mass is 16.4. The number of nitrogens with two attached hydrogens (primary N) is 2. The Hall–Kier alpha value is -4.76. The highest BCUT2D eigenvalue weighted by Crippen LogP contribution is 2.19. The number of carbonyl (C=O) groups excluding carboxylic acids is 4. The first-order valence-electron chi connectivity index (χ1n) is 12.4. The average Bonchev–Trinajstić information content (AvgIpc) is 3.58. The van der Waals surface area contributed by atoms with Gasteiger partial charge in [-0.1, -0.05) is 18.2 Å². The van der Waals surface area contributed by atoms with E-state index in [0.717, 1.165) is 10.9 Å². The number of aromatic nitrogens is 3. The van der Waals surface area contributed by atoms with Crippen LogP contribution in [0, 0.1) is 0 Å². The van der Waals surface area contributed by atoms with Crippen molar-refractivity contribution >= 4 is 40.5 Å². The highest BCUT2D eigenvalue weighted by Gasteiger charge is 2.31. The molecule has 15 heteroatoms. The largest absolute Gasteiger partial charge is 0.480 e. The van der Waals surface area contributed by atoms with Crippen LogP contribution in [0.1, 0.15) is 24.1 Å². The maximum Gasteiger partial charge on any atom is 0.326 e. The lowest BCUT2D eigenvalue weighted by molar-refractivity contribution is -0.142. The fourth-order valence-electron chi connectivity index (χ4n) is 4.02. The van der Waals surface area contributed by atoms with Crippen molar-refractivity contribution in [1.82, 2.24) is 30.9 Å². The zero-order chi connectivity index (χ0) is 29.2. The molecule has 11 N–H and O–H groups in total. The zero-order valence-electron chi connectivity index (χ0n) is 21.4. The second-order valence-electron chi connectivity index (χ2n) is 9.16. The lowest BCUT2D eigenvalue weighted by atomic mass is 10.0. The van der Waals surface area contributed by atoms with Crippen LogP contribution in [0.5, 0.6) is 0 Å². The number of aromatic amines is 2. The number of carbonyl (C=O) groups is 5. The molecule has 0 aliphatic carbocycles. The minimum atomic E-state index is -1.48. The van der Waals surface area contributed by atoms with E-state index in [1.54, 1.807) is 12.3 Å². The number of benzene rings is 1. The maximum absolute atomic E-state index is 13.1. The van der Waals surface area contributed by atoms with Crippen LogP contribution in [0.15, 0.2) is 43.0 Å². The molecule has 2 heterocycles. The van der Waals surface area contributed by atoms with Crippen molar-refractivity contribution in [3.8, 4) is 0 Å². The summed E-state index contributed by atoms with van der Waals surface area (Å²) < 4.78 is 0. The molecule has 0 aliphatic rings. The van der Waals surface area contributed by atoms with Crippen LogP contribution in [0.4, 0.5) is 0 Å². The number of primary amides is 1. The number of hydrogen-bond donors (Lipinski definition) is 9. The van der Waals surface area contributed by atoms with Gasteiger partial charge >= 0.3 is 5.97 Å². The highest BCUT2D eigenvalue weighted by molar-refractivity contribution is 5.94. The van der Waals surface area contributed by atoms with Gasteiger partial charge in [0.15, 0.2) is 0 Å². The molecule has 15 nitrogen and oxygen atoms in total. The summed E-state index contributed by atoms with van der Waals surface area (Å²) in [6.07, 6.45) is 4.00. The number of aliphatic hydroxyl groups excluding tert-OH is 1. The summed E-state index contributed by atoms with van der Waals surface area (Å²) in [4.78, 5) is 71.5. The number of nitrogens with zero attached hydrogens (tertiary/aromatic N) is 1. The molecule has 214 valence electrons. The molecule has 0 spiro atoms. The van der Waals surface area contributed by atoms with Crippen molar-refractivity contribution in [3.63, 3.8) is 0 Å². The average molecular weight is 557 g/mol. The Morgan fingerprint density at radius 2 is 1.60 bits per heavy atom. The van der Waals surface area contributed by atoms with Crippen molar-refractivity contribution in [2.45, 2.75) is 49.9 Å². The summed E-state index contributed by atoms with van der Waals surface area (Å²) in [5, 5.41) is 27.3. The fraction of sp³-hybridized carbons (Fsp3) is 0.360. The van der Waals surface area contributed by atoms with E-state index >= 15 is 0 Å². The first-order chi connectivity index (χ1) is 19.1. The van der Waals surface area contributed by atoms with Gasteiger partial charge in [-0.05, 0) is 18.1 Å². The van der Waals surface area contributed by atoms with Crippen molar-refractivity contribution in [2.24, 2.45) is 11.5 Å². The molecule has 0 aliphatic heterocycles. The van der Waals surface area contributed by atoms with E-state index < -0.39 is 60.4 Å². The number of carboxylic acids is 1. The SMILES string of the molecule is NC(=O)CCC(NC(=O)C(CO)NC(=O)C(N)Cc1cnc[nH]1)C(=O)NC(Cc1c[nH]c2ccccc12)C(=O)O. The Balaban J connectivity index is 1.67. The van der Waals surface area contributed by atoms with Crippen molar-refractivity contribution < 1.29 is 34.2 Å². The molecule has 4 atom stereocenters. The lowest BCUT2D eigenvalue weighted by Crippen LogP contribution is -2.58. The van der Waals surface area contributed by atoms with E-state index in [9.17, 15) is 34.2 Å². The van der Waals surface area contributed by atoms with Gasteiger partial charge in [-0.2, -0.15) is 0 Å². The number of para-hydroxylation sites is 1. The van der Waals surface area contributed by atoms with Crippen LogP contribution in [-0.2, 0) is 36.8 Å². The number of rotatable bonds is 15. The van der Waals surface area contributed by atoms with Gasteiger partial charge in [0, 0.05) is 48.3 Å². The molecular weight excluding hydrogens is 524 g/mol. The predicted molar refractivity (Wildman–Crippen MR) is 141 cm³/mol. The molecule has 4 amide bonds. The molecule has 2 aromatic heterocycles. The number of fused-ring (bicyclic) bond motifs is 1. The second kappa shape index (κ2) is 13.9. The van der Waals surface area contributed by atoms with Crippen LogP contribution in [0.25, 0.3) is 10.9 Å². The number of imidazole rings is 1. The van der Waals surface area contributed by atoms with Crippen LogP contribution in [-0.4, -0.2) is 85.5 Å². The monoisotopic (exact) mass is 556 g/mol. The standard InChI is InChI=1S/C25H32N8O7/c26-16(8-14-10-28-12-30-14)22(36)33-20(11-34)24(38)31-18(5-6-21(27)35)23(37)32-19(25(39)40)7-13-9-29-17-4-2-1-3-15(13)17/h1-4,9-10,12,16,18-20,29,34H,5-8,11,26H2,(H2,27,35)(H,28,30)(H,31,38)(H,32,37)(H,33,36)(H,39,40). The molecule has 4 unspecified atom stereocenters. The molecule has 40 heavy (non-hydrogen) atoms. The van der Waals surface area contributed by atoms with Crippen LogP contribution in [0.3, 0.4) is 0 Å². The third kappa shape index (κ3) is 8.12. The maximum atomic E-state index is 13.1. The van der Waals surface area contributed by atoms with Gasteiger partial charge in [0.1, 0.15) is 18.1 Å². The van der Waals surface area contributed by atoms with E-state index in [1.807, 2.05) is 18.2 Å². The first kappa shape index (κ1) is 29.8. The van der Waals surface area contributed by atoms with E-state index in [-0.39, 0.29) is 25.7 Å². The summed E-state index contributed by atoms with van der Waals surface area (Å²) in [5.74, 6) is -4.65. The molecule has 0 bridgehead atoms. The zero-order valence-corrected chi connectivity index (χ0v) is 21.4. The number of aliphatic hydroxyl groups is 1. The molecule has 3 aromatic rings. The minimum Gasteiger partial charge on any atom is -0.480 e. The number of H-pyrrole nitrogens is 2. The van der Waals surface area contributed by atoms with Crippen molar-refractivity contribution in [3.05, 3.63) is 54.2 Å². The normalized spacial score (nSPS) is 14.1. The van der Waals surface area contributed by atoms with Gasteiger partial charge in [0.25, 0.3) is 0 Å². The molecular formula is C25H32N8O7. The molecule has 1 aromatic carbocycles. The van der Waals surface area contributed by atoms with Crippen molar-refractivity contribution in [1.29, 1.82) is 0 Å². The molecule has 3 rings (SSSR count). The van der Waals surface area contributed by atoms with E-state index in [2.05, 4.69) is 30.9 Å². The Bertz CT molecular complexity index is 1340. The predicted octanol–water partition coefficient (Wildman–Crippen LogP) is -2.20. The lowest BCUT2D eigenvalue weighted by Gasteiger charge is -2.24. The molecule has 0 radical (unpaired) electrons. The molecule has 0 saturated carbocycles. The smallest absolute Gasteiger partial charge is 0.326 e. The van der Waals surface area contributed by atoms with Crippen LogP contribution in [0.2, 0.25) is 0 Å². The van der Waals surface area contributed by atoms with E-state index in [0.29, 0.717) is 11.3 Å². The molecule has 0 fully saturated rings. The Morgan fingerprint density at radius 1 is 0.925 bits per heavy atom. The Labute approximate surface area is 228 Å². The van der Waals surface area contributed by atoms with Gasteiger partial charge in [-0.15, -0.1) is 0 Å². The summed E-state index contributed by atoms with van der Waals surface area (Å²) in [6.45, 7) is -0.823. The number of amides is 4. The molecule has 0 saturated heterocycles. The third-order valence-corrected chi connectivity index (χ3v) is 6.17. The fourth-order valence-corrected chi connectivity index (χ4v) is 4.02.